The van der Waals surface area contributed by atoms with Crippen molar-refractivity contribution >= 4 is 28.0 Å². The zero-order valence-corrected chi connectivity index (χ0v) is 14.3. The Labute approximate surface area is 147 Å². The molecular formula is C18H13BrFNO3. The van der Waals surface area contributed by atoms with Gasteiger partial charge in [-0.1, -0.05) is 18.2 Å². The van der Waals surface area contributed by atoms with Crippen LogP contribution in [0.2, 0.25) is 0 Å². The Hall–Kier alpha value is -2.65. The van der Waals surface area contributed by atoms with Crippen LogP contribution in [0.3, 0.4) is 0 Å². The molecule has 6 heteroatoms. The summed E-state index contributed by atoms with van der Waals surface area (Å²) in [6.07, 6.45) is 1.43. The number of esters is 1. The second-order valence-corrected chi connectivity index (χ2v) is 5.62. The van der Waals surface area contributed by atoms with E-state index in [4.69, 9.17) is 10.00 Å². The Morgan fingerprint density at radius 1 is 1.29 bits per heavy atom. The van der Waals surface area contributed by atoms with Gasteiger partial charge < -0.3 is 9.47 Å². The van der Waals surface area contributed by atoms with Crippen LogP contribution in [0.15, 0.2) is 52.5 Å². The number of halogens is 2. The second-order valence-electron chi connectivity index (χ2n) is 4.77. The van der Waals surface area contributed by atoms with Gasteiger partial charge in [-0.05, 0) is 57.4 Å². The van der Waals surface area contributed by atoms with E-state index in [1.807, 2.05) is 0 Å². The highest BCUT2D eigenvalue weighted by molar-refractivity contribution is 9.10. The minimum Gasteiger partial charge on any atom is -0.488 e. The maximum absolute atomic E-state index is 12.9. The molecule has 0 aliphatic heterocycles. The van der Waals surface area contributed by atoms with Crippen molar-refractivity contribution in [3.63, 3.8) is 0 Å². The highest BCUT2D eigenvalue weighted by atomic mass is 79.9. The van der Waals surface area contributed by atoms with E-state index in [-0.39, 0.29) is 11.4 Å². The number of methoxy groups -OCH3 is 1. The molecule has 0 amide bonds. The average molecular weight is 390 g/mol. The molecule has 2 rings (SSSR count). The fourth-order valence-electron chi connectivity index (χ4n) is 1.88. The van der Waals surface area contributed by atoms with Gasteiger partial charge in [0.25, 0.3) is 0 Å². The van der Waals surface area contributed by atoms with Crippen molar-refractivity contribution in [3.8, 4) is 11.8 Å². The van der Waals surface area contributed by atoms with Crippen molar-refractivity contribution in [2.45, 2.75) is 6.61 Å². The molecule has 0 aromatic heterocycles. The van der Waals surface area contributed by atoms with Gasteiger partial charge >= 0.3 is 5.97 Å². The molecule has 0 saturated carbocycles. The first kappa shape index (κ1) is 17.7. The fourth-order valence-corrected chi connectivity index (χ4v) is 2.39. The summed E-state index contributed by atoms with van der Waals surface area (Å²) >= 11 is 3.38. The van der Waals surface area contributed by atoms with Crippen LogP contribution in [0.25, 0.3) is 6.08 Å². The summed E-state index contributed by atoms with van der Waals surface area (Å²) in [5, 5.41) is 8.96. The number of hydrogen-bond donors (Lipinski definition) is 0. The number of rotatable bonds is 5. The summed E-state index contributed by atoms with van der Waals surface area (Å²) in [7, 11) is 1.22. The van der Waals surface area contributed by atoms with E-state index >= 15 is 0 Å². The van der Waals surface area contributed by atoms with Gasteiger partial charge in [0.15, 0.2) is 0 Å². The zero-order chi connectivity index (χ0) is 17.5. The lowest BCUT2D eigenvalue weighted by atomic mass is 10.1. The lowest BCUT2D eigenvalue weighted by molar-refractivity contribution is -0.135. The molecule has 2 aromatic carbocycles. The Balaban J connectivity index is 2.12. The average Bonchev–Trinajstić information content (AvgIpc) is 2.59. The van der Waals surface area contributed by atoms with Crippen LogP contribution in [0.4, 0.5) is 4.39 Å². The Kier molecular flexibility index (Phi) is 6.10. The zero-order valence-electron chi connectivity index (χ0n) is 12.8. The third-order valence-corrected chi connectivity index (χ3v) is 3.72. The monoisotopic (exact) mass is 389 g/mol. The summed E-state index contributed by atoms with van der Waals surface area (Å²) in [5.74, 6) is -0.395. The summed E-state index contributed by atoms with van der Waals surface area (Å²) in [6.45, 7) is 0.291. The van der Waals surface area contributed by atoms with E-state index in [1.165, 1.54) is 25.3 Å². The number of nitriles is 1. The van der Waals surface area contributed by atoms with Gasteiger partial charge in [0.2, 0.25) is 0 Å². The van der Waals surface area contributed by atoms with E-state index in [9.17, 15) is 9.18 Å². The minimum absolute atomic E-state index is 0.0932. The molecule has 4 nitrogen and oxygen atoms in total. The first-order chi connectivity index (χ1) is 11.5. The topological polar surface area (TPSA) is 59.3 Å². The van der Waals surface area contributed by atoms with Crippen molar-refractivity contribution in [2.24, 2.45) is 0 Å². The van der Waals surface area contributed by atoms with E-state index in [2.05, 4.69) is 20.7 Å². The molecule has 0 aliphatic carbocycles. The summed E-state index contributed by atoms with van der Waals surface area (Å²) in [5.41, 5.74) is 1.40. The molecule has 0 spiro atoms. The number of carbonyl (C=O) groups excluding carboxylic acids is 1. The Bertz CT molecular complexity index is 810. The first-order valence-electron chi connectivity index (χ1n) is 6.90. The van der Waals surface area contributed by atoms with E-state index in [1.54, 1.807) is 36.4 Å². The lowest BCUT2D eigenvalue weighted by Gasteiger charge is -2.09. The number of nitrogens with zero attached hydrogens (tertiary/aromatic N) is 1. The smallest absolute Gasteiger partial charge is 0.348 e. The Morgan fingerprint density at radius 2 is 2.00 bits per heavy atom. The van der Waals surface area contributed by atoms with Crippen LogP contribution in [0.1, 0.15) is 11.1 Å². The standard InChI is InChI=1S/C18H13BrFNO3/c1-23-18(22)14(10-21)8-13-4-7-17(16(19)9-13)24-11-12-2-5-15(20)6-3-12/h2-9H,11H2,1H3. The van der Waals surface area contributed by atoms with Crippen molar-refractivity contribution < 1.29 is 18.7 Å². The number of hydrogen-bond acceptors (Lipinski definition) is 4. The van der Waals surface area contributed by atoms with Gasteiger partial charge in [-0.3, -0.25) is 0 Å². The molecule has 122 valence electrons. The summed E-state index contributed by atoms with van der Waals surface area (Å²) in [6, 6.07) is 13.0. The first-order valence-corrected chi connectivity index (χ1v) is 7.69. The van der Waals surface area contributed by atoms with Crippen LogP contribution in [-0.4, -0.2) is 13.1 Å². The molecular weight excluding hydrogens is 377 g/mol. The summed E-state index contributed by atoms with van der Waals surface area (Å²) < 4.78 is 23.7. The van der Waals surface area contributed by atoms with Crippen LogP contribution in [0, 0.1) is 17.1 Å². The van der Waals surface area contributed by atoms with E-state index in [0.29, 0.717) is 22.4 Å². The number of carbonyl (C=O) groups is 1. The predicted molar refractivity (Wildman–Crippen MR) is 90.5 cm³/mol. The highest BCUT2D eigenvalue weighted by Crippen LogP contribution is 2.27. The van der Waals surface area contributed by atoms with Crippen molar-refractivity contribution in [2.75, 3.05) is 7.11 Å². The van der Waals surface area contributed by atoms with Crippen molar-refractivity contribution in [1.29, 1.82) is 5.26 Å². The molecule has 0 unspecified atom stereocenters. The van der Waals surface area contributed by atoms with Gasteiger partial charge in [-0.2, -0.15) is 5.26 Å². The molecule has 0 saturated heterocycles. The van der Waals surface area contributed by atoms with Crippen molar-refractivity contribution in [3.05, 3.63) is 69.5 Å². The molecule has 0 N–H and O–H groups in total. The van der Waals surface area contributed by atoms with Gasteiger partial charge in [-0.25, -0.2) is 9.18 Å². The van der Waals surface area contributed by atoms with Crippen LogP contribution in [0.5, 0.6) is 5.75 Å². The van der Waals surface area contributed by atoms with Crippen LogP contribution < -0.4 is 4.74 Å². The maximum Gasteiger partial charge on any atom is 0.348 e. The molecule has 0 radical (unpaired) electrons. The third kappa shape index (κ3) is 4.67. The van der Waals surface area contributed by atoms with Gasteiger partial charge in [0, 0.05) is 0 Å². The fraction of sp³-hybridized carbons (Fsp3) is 0.111. The van der Waals surface area contributed by atoms with Crippen molar-refractivity contribution in [1.82, 2.24) is 0 Å². The van der Waals surface area contributed by atoms with Crippen LogP contribution >= 0.6 is 15.9 Å². The molecule has 24 heavy (non-hydrogen) atoms. The molecule has 0 bridgehead atoms. The highest BCUT2D eigenvalue weighted by Gasteiger charge is 2.09. The quantitative estimate of drug-likeness (QED) is 0.435. The molecule has 0 fully saturated rings. The number of benzene rings is 2. The van der Waals surface area contributed by atoms with Gasteiger partial charge in [0.1, 0.15) is 29.8 Å². The molecule has 2 aromatic rings. The molecule has 0 aliphatic rings. The molecule has 0 atom stereocenters. The predicted octanol–water partition coefficient (Wildman–Crippen LogP) is 4.25. The lowest BCUT2D eigenvalue weighted by Crippen LogP contribution is -2.02. The second kappa shape index (κ2) is 8.27. The normalized spacial score (nSPS) is 10.8. The molecule has 0 heterocycles. The largest absolute Gasteiger partial charge is 0.488 e. The van der Waals surface area contributed by atoms with E-state index in [0.717, 1.165) is 5.56 Å². The van der Waals surface area contributed by atoms with E-state index < -0.39 is 5.97 Å². The Morgan fingerprint density at radius 3 is 2.58 bits per heavy atom. The summed E-state index contributed by atoms with van der Waals surface area (Å²) in [4.78, 5) is 11.4. The third-order valence-electron chi connectivity index (χ3n) is 3.10. The maximum atomic E-state index is 12.9. The number of ether oxygens (including phenoxy) is 2. The SMILES string of the molecule is COC(=O)C(C#N)=Cc1ccc(OCc2ccc(F)cc2)c(Br)c1. The van der Waals surface area contributed by atoms with Crippen LogP contribution in [-0.2, 0) is 16.1 Å². The minimum atomic E-state index is -0.690. The van der Waals surface area contributed by atoms with Gasteiger partial charge in [-0.15, -0.1) is 0 Å². The van der Waals surface area contributed by atoms with Gasteiger partial charge in [0.05, 0.1) is 11.6 Å².